The number of ether oxygens (including phenoxy) is 2. The minimum Gasteiger partial charge on any atom is -0.469 e. The van der Waals surface area contributed by atoms with E-state index >= 15 is 0 Å². The molecule has 25 heavy (non-hydrogen) atoms. The third-order valence-electron chi connectivity index (χ3n) is 4.14. The van der Waals surface area contributed by atoms with Crippen molar-refractivity contribution in [2.45, 2.75) is 58.5 Å². The number of benzene rings is 1. The number of carbonyl (C=O) groups excluding carboxylic acids is 2. The summed E-state index contributed by atoms with van der Waals surface area (Å²) < 4.78 is 9.97. The van der Waals surface area contributed by atoms with E-state index < -0.39 is 6.10 Å². The minimum atomic E-state index is -0.411. The molecule has 0 aliphatic carbocycles. The highest BCUT2D eigenvalue weighted by molar-refractivity contribution is 5.72. The van der Waals surface area contributed by atoms with Crippen LogP contribution in [0.25, 0.3) is 0 Å². The largest absolute Gasteiger partial charge is 0.469 e. The van der Waals surface area contributed by atoms with Crippen molar-refractivity contribution in [3.8, 4) is 6.07 Å². The molecule has 0 saturated carbocycles. The molecule has 0 saturated heterocycles. The Morgan fingerprint density at radius 1 is 1.16 bits per heavy atom. The highest BCUT2D eigenvalue weighted by Gasteiger charge is 2.18. The molecule has 5 nitrogen and oxygen atoms in total. The molecule has 1 aromatic carbocycles. The van der Waals surface area contributed by atoms with Gasteiger partial charge in [0.05, 0.1) is 25.2 Å². The fourth-order valence-corrected chi connectivity index (χ4v) is 2.56. The van der Waals surface area contributed by atoms with Crippen LogP contribution in [0.2, 0.25) is 0 Å². The molecule has 2 atom stereocenters. The maximum absolute atomic E-state index is 12.0. The first-order valence-electron chi connectivity index (χ1n) is 8.73. The molecule has 0 spiro atoms. The van der Waals surface area contributed by atoms with Crippen molar-refractivity contribution in [1.29, 1.82) is 5.26 Å². The van der Waals surface area contributed by atoms with Crippen molar-refractivity contribution >= 4 is 11.9 Å². The van der Waals surface area contributed by atoms with E-state index in [-0.39, 0.29) is 24.3 Å². The lowest BCUT2D eigenvalue weighted by Gasteiger charge is -2.17. The summed E-state index contributed by atoms with van der Waals surface area (Å²) in [6, 6.07) is 9.69. The third kappa shape index (κ3) is 8.35. The lowest BCUT2D eigenvalue weighted by Crippen LogP contribution is -2.22. The predicted molar refractivity (Wildman–Crippen MR) is 94.7 cm³/mol. The van der Waals surface area contributed by atoms with Crippen LogP contribution in [0.3, 0.4) is 0 Å². The molecule has 0 amide bonds. The second-order valence-corrected chi connectivity index (χ2v) is 6.31. The zero-order valence-electron chi connectivity index (χ0n) is 15.3. The molecule has 2 unspecified atom stereocenters. The van der Waals surface area contributed by atoms with Crippen LogP contribution in [0.15, 0.2) is 24.3 Å². The van der Waals surface area contributed by atoms with Crippen LogP contribution in [-0.2, 0) is 25.5 Å². The van der Waals surface area contributed by atoms with E-state index in [2.05, 4.69) is 10.8 Å². The van der Waals surface area contributed by atoms with Gasteiger partial charge in [0.1, 0.15) is 6.10 Å². The summed E-state index contributed by atoms with van der Waals surface area (Å²) in [7, 11) is 1.33. The second kappa shape index (κ2) is 11.2. The molecule has 5 heteroatoms. The Labute approximate surface area is 149 Å². The van der Waals surface area contributed by atoms with Crippen molar-refractivity contribution in [1.82, 2.24) is 0 Å². The van der Waals surface area contributed by atoms with Crippen LogP contribution < -0.4 is 0 Å². The number of nitriles is 1. The molecule has 0 aliphatic rings. The van der Waals surface area contributed by atoms with Gasteiger partial charge in [-0.1, -0.05) is 26.0 Å². The first-order chi connectivity index (χ1) is 12.0. The summed E-state index contributed by atoms with van der Waals surface area (Å²) in [6.45, 7) is 3.91. The van der Waals surface area contributed by atoms with Crippen molar-refractivity contribution in [3.63, 3.8) is 0 Å². The highest BCUT2D eigenvalue weighted by Crippen LogP contribution is 2.16. The van der Waals surface area contributed by atoms with Crippen LogP contribution in [0, 0.1) is 17.2 Å². The van der Waals surface area contributed by atoms with E-state index in [4.69, 9.17) is 10.00 Å². The van der Waals surface area contributed by atoms with Gasteiger partial charge in [-0.3, -0.25) is 9.59 Å². The lowest BCUT2D eigenvalue weighted by atomic mass is 9.98. The Hall–Kier alpha value is -2.35. The highest BCUT2D eigenvalue weighted by atomic mass is 16.6. The van der Waals surface area contributed by atoms with Gasteiger partial charge in [-0.2, -0.15) is 5.26 Å². The van der Waals surface area contributed by atoms with Gasteiger partial charge in [0, 0.05) is 6.42 Å². The SMILES string of the molecule is CCC(CC(=O)OC)OC(=O)CC(C)CCCc1ccc(C#N)cc1. The summed E-state index contributed by atoms with van der Waals surface area (Å²) in [4.78, 5) is 23.3. The molecule has 1 aromatic rings. The van der Waals surface area contributed by atoms with E-state index in [9.17, 15) is 9.59 Å². The van der Waals surface area contributed by atoms with E-state index in [1.165, 1.54) is 12.7 Å². The summed E-state index contributed by atoms with van der Waals surface area (Å²) in [6.07, 6.45) is 3.45. The molecule has 0 bridgehead atoms. The fourth-order valence-electron chi connectivity index (χ4n) is 2.56. The second-order valence-electron chi connectivity index (χ2n) is 6.31. The number of hydrogen-bond acceptors (Lipinski definition) is 5. The standard InChI is InChI=1S/C20H27NO4/c1-4-18(13-19(22)24-3)25-20(23)12-15(2)6-5-7-16-8-10-17(14-21)11-9-16/h8-11,15,18H,4-7,12-13H2,1-3H3. The fraction of sp³-hybridized carbons (Fsp3) is 0.550. The Morgan fingerprint density at radius 3 is 2.40 bits per heavy atom. The van der Waals surface area contributed by atoms with Gasteiger partial charge in [0.15, 0.2) is 0 Å². The van der Waals surface area contributed by atoms with Crippen LogP contribution in [-0.4, -0.2) is 25.2 Å². The number of carbonyl (C=O) groups is 2. The Bertz CT molecular complexity index is 589. The first-order valence-corrected chi connectivity index (χ1v) is 8.73. The van der Waals surface area contributed by atoms with Gasteiger partial charge in [0.25, 0.3) is 0 Å². The molecule has 0 aliphatic heterocycles. The molecular weight excluding hydrogens is 318 g/mol. The topological polar surface area (TPSA) is 76.4 Å². The average Bonchev–Trinajstić information content (AvgIpc) is 2.61. The van der Waals surface area contributed by atoms with Crippen molar-refractivity contribution in [3.05, 3.63) is 35.4 Å². The number of esters is 2. The Balaban J connectivity index is 2.30. The van der Waals surface area contributed by atoms with Gasteiger partial charge >= 0.3 is 11.9 Å². The van der Waals surface area contributed by atoms with E-state index in [1.807, 2.05) is 38.1 Å². The van der Waals surface area contributed by atoms with Crippen molar-refractivity contribution in [2.24, 2.45) is 5.92 Å². The van der Waals surface area contributed by atoms with Crippen LogP contribution in [0.1, 0.15) is 57.1 Å². The zero-order chi connectivity index (χ0) is 18.7. The van der Waals surface area contributed by atoms with Crippen molar-refractivity contribution in [2.75, 3.05) is 7.11 Å². The average molecular weight is 345 g/mol. The molecular formula is C20H27NO4. The normalized spacial score (nSPS) is 12.7. The Morgan fingerprint density at radius 2 is 1.84 bits per heavy atom. The van der Waals surface area contributed by atoms with Gasteiger partial charge in [-0.05, 0) is 49.3 Å². The smallest absolute Gasteiger partial charge is 0.309 e. The number of hydrogen-bond donors (Lipinski definition) is 0. The molecule has 1 rings (SSSR count). The Kier molecular flexibility index (Phi) is 9.31. The van der Waals surface area contributed by atoms with E-state index in [0.29, 0.717) is 18.4 Å². The lowest BCUT2D eigenvalue weighted by molar-refractivity contribution is -0.154. The molecule has 0 heterocycles. The predicted octanol–water partition coefficient (Wildman–Crippen LogP) is 3.79. The number of aryl methyl sites for hydroxylation is 1. The first kappa shape index (κ1) is 20.7. The van der Waals surface area contributed by atoms with Gasteiger partial charge in [-0.25, -0.2) is 0 Å². The van der Waals surface area contributed by atoms with E-state index in [1.54, 1.807) is 0 Å². The number of rotatable bonds is 10. The maximum Gasteiger partial charge on any atom is 0.309 e. The van der Waals surface area contributed by atoms with Gasteiger partial charge < -0.3 is 9.47 Å². The van der Waals surface area contributed by atoms with Crippen LogP contribution in [0.4, 0.5) is 0 Å². The van der Waals surface area contributed by atoms with Crippen molar-refractivity contribution < 1.29 is 19.1 Å². The molecule has 0 fully saturated rings. The van der Waals surface area contributed by atoms with Crippen LogP contribution >= 0.6 is 0 Å². The summed E-state index contributed by atoms with van der Waals surface area (Å²) in [5.41, 5.74) is 1.86. The van der Waals surface area contributed by atoms with Gasteiger partial charge in [0.2, 0.25) is 0 Å². The maximum atomic E-state index is 12.0. The molecule has 0 N–H and O–H groups in total. The number of methoxy groups -OCH3 is 1. The van der Waals surface area contributed by atoms with Gasteiger partial charge in [-0.15, -0.1) is 0 Å². The quantitative estimate of drug-likeness (QED) is 0.603. The monoisotopic (exact) mass is 345 g/mol. The summed E-state index contributed by atoms with van der Waals surface area (Å²) >= 11 is 0. The zero-order valence-corrected chi connectivity index (χ0v) is 15.3. The summed E-state index contributed by atoms with van der Waals surface area (Å²) in [5, 5.41) is 8.78. The number of nitrogens with zero attached hydrogens (tertiary/aromatic N) is 1. The van der Waals surface area contributed by atoms with E-state index in [0.717, 1.165) is 19.3 Å². The summed E-state index contributed by atoms with van der Waals surface area (Å²) in [5.74, 6) is -0.404. The molecule has 0 aromatic heterocycles. The minimum absolute atomic E-state index is 0.103. The van der Waals surface area contributed by atoms with Crippen LogP contribution in [0.5, 0.6) is 0 Å². The third-order valence-corrected chi connectivity index (χ3v) is 4.14. The molecule has 136 valence electrons. The molecule has 0 radical (unpaired) electrons.